The Hall–Kier alpha value is -0.220. The summed E-state index contributed by atoms with van der Waals surface area (Å²) < 4.78 is 4.58. The number of ether oxygens (including phenoxy) is 1. The van der Waals surface area contributed by atoms with Crippen molar-refractivity contribution >= 4 is 18.6 Å². The summed E-state index contributed by atoms with van der Waals surface area (Å²) in [5.41, 5.74) is 0. The Morgan fingerprint density at radius 3 is 2.56 bits per heavy atom. The van der Waals surface area contributed by atoms with E-state index in [9.17, 15) is 4.79 Å². The van der Waals surface area contributed by atoms with Crippen molar-refractivity contribution < 1.29 is 14.6 Å². The Kier molecular flexibility index (Phi) is 4.53. The number of aliphatic hydroxyl groups excluding tert-OH is 1. The summed E-state index contributed by atoms with van der Waals surface area (Å²) in [7, 11) is 0. The standard InChI is InChI=1S/C5H10O3S/c1-4(7)8-5(2-6)3-9/h5-6,9H,2-3H2,1H3. The van der Waals surface area contributed by atoms with E-state index in [4.69, 9.17) is 5.11 Å². The number of aliphatic hydroxyl groups is 1. The maximum atomic E-state index is 10.2. The zero-order valence-electron chi connectivity index (χ0n) is 5.20. The molecule has 0 heterocycles. The van der Waals surface area contributed by atoms with Crippen LogP contribution in [-0.2, 0) is 9.53 Å². The van der Waals surface area contributed by atoms with Gasteiger partial charge in [0.25, 0.3) is 0 Å². The summed E-state index contributed by atoms with van der Waals surface area (Å²) >= 11 is 3.83. The fourth-order valence-electron chi connectivity index (χ4n) is 0.367. The Morgan fingerprint density at radius 1 is 1.89 bits per heavy atom. The van der Waals surface area contributed by atoms with Gasteiger partial charge in [-0.1, -0.05) is 0 Å². The van der Waals surface area contributed by atoms with E-state index in [1.807, 2.05) is 0 Å². The predicted molar refractivity (Wildman–Crippen MR) is 36.5 cm³/mol. The normalized spacial score (nSPS) is 12.8. The summed E-state index contributed by atoms with van der Waals surface area (Å²) in [6.45, 7) is 1.13. The first kappa shape index (κ1) is 8.78. The molecule has 1 unspecified atom stereocenters. The van der Waals surface area contributed by atoms with Crippen LogP contribution in [0, 0.1) is 0 Å². The Labute approximate surface area is 59.4 Å². The second-order valence-corrected chi connectivity index (χ2v) is 1.96. The van der Waals surface area contributed by atoms with Gasteiger partial charge >= 0.3 is 5.97 Å². The highest BCUT2D eigenvalue weighted by Gasteiger charge is 2.06. The lowest BCUT2D eigenvalue weighted by atomic mass is 10.4. The molecule has 3 nitrogen and oxygen atoms in total. The molecule has 0 amide bonds. The number of hydrogen-bond donors (Lipinski definition) is 2. The van der Waals surface area contributed by atoms with Crippen molar-refractivity contribution in [2.24, 2.45) is 0 Å². The molecule has 0 aliphatic rings. The molecule has 0 aliphatic carbocycles. The van der Waals surface area contributed by atoms with Gasteiger partial charge in [-0.2, -0.15) is 12.6 Å². The van der Waals surface area contributed by atoms with Gasteiger partial charge in [0, 0.05) is 12.7 Å². The first-order chi connectivity index (χ1) is 4.20. The molecule has 1 atom stereocenters. The maximum absolute atomic E-state index is 10.2. The van der Waals surface area contributed by atoms with Crippen LogP contribution in [0.4, 0.5) is 0 Å². The van der Waals surface area contributed by atoms with Gasteiger partial charge in [0.1, 0.15) is 6.10 Å². The van der Waals surface area contributed by atoms with Gasteiger partial charge in [-0.15, -0.1) is 0 Å². The van der Waals surface area contributed by atoms with Crippen LogP contribution in [0.25, 0.3) is 0 Å². The van der Waals surface area contributed by atoms with Crippen LogP contribution in [0.3, 0.4) is 0 Å². The first-order valence-electron chi connectivity index (χ1n) is 2.59. The van der Waals surface area contributed by atoms with E-state index < -0.39 is 6.10 Å². The second kappa shape index (κ2) is 4.64. The molecule has 4 heteroatoms. The van der Waals surface area contributed by atoms with E-state index >= 15 is 0 Å². The molecule has 0 aromatic carbocycles. The highest BCUT2D eigenvalue weighted by molar-refractivity contribution is 7.80. The van der Waals surface area contributed by atoms with Crippen molar-refractivity contribution in [2.45, 2.75) is 13.0 Å². The maximum Gasteiger partial charge on any atom is 0.303 e. The largest absolute Gasteiger partial charge is 0.459 e. The number of esters is 1. The third-order valence-corrected chi connectivity index (χ3v) is 1.15. The minimum Gasteiger partial charge on any atom is -0.459 e. The van der Waals surface area contributed by atoms with E-state index in [1.165, 1.54) is 6.92 Å². The van der Waals surface area contributed by atoms with Crippen molar-refractivity contribution in [1.29, 1.82) is 0 Å². The van der Waals surface area contributed by atoms with Gasteiger partial charge in [0.15, 0.2) is 0 Å². The van der Waals surface area contributed by atoms with E-state index in [0.29, 0.717) is 5.75 Å². The molecule has 0 saturated heterocycles. The SMILES string of the molecule is CC(=O)OC(CO)CS. The molecule has 9 heavy (non-hydrogen) atoms. The lowest BCUT2D eigenvalue weighted by Crippen LogP contribution is -2.21. The molecule has 0 aromatic heterocycles. The lowest BCUT2D eigenvalue weighted by molar-refractivity contribution is -0.146. The molecule has 0 bridgehead atoms. The molecular weight excluding hydrogens is 140 g/mol. The number of carbonyl (C=O) groups excluding carboxylic acids is 1. The molecule has 0 saturated carbocycles. The van der Waals surface area contributed by atoms with E-state index in [0.717, 1.165) is 0 Å². The number of thiol groups is 1. The highest BCUT2D eigenvalue weighted by Crippen LogP contribution is 1.93. The summed E-state index contributed by atoms with van der Waals surface area (Å²) in [4.78, 5) is 10.2. The molecule has 1 N–H and O–H groups in total. The van der Waals surface area contributed by atoms with Crippen molar-refractivity contribution in [2.75, 3.05) is 12.4 Å². The van der Waals surface area contributed by atoms with Gasteiger partial charge in [0.2, 0.25) is 0 Å². The van der Waals surface area contributed by atoms with Gasteiger partial charge < -0.3 is 9.84 Å². The fourth-order valence-corrected chi connectivity index (χ4v) is 0.557. The van der Waals surface area contributed by atoms with Crippen LogP contribution < -0.4 is 0 Å². The van der Waals surface area contributed by atoms with Crippen LogP contribution in [0.1, 0.15) is 6.92 Å². The Bertz CT molecular complexity index is 90.2. The summed E-state index contributed by atoms with van der Waals surface area (Å²) in [5, 5.41) is 8.45. The average Bonchev–Trinajstić information content (AvgIpc) is 1.82. The molecule has 0 aromatic rings. The minimum atomic E-state index is -0.453. The van der Waals surface area contributed by atoms with Crippen LogP contribution >= 0.6 is 12.6 Å². The minimum absolute atomic E-state index is 0.164. The van der Waals surface area contributed by atoms with Crippen LogP contribution in [0.5, 0.6) is 0 Å². The van der Waals surface area contributed by atoms with E-state index in [-0.39, 0.29) is 12.6 Å². The predicted octanol–water partition coefficient (Wildman–Crippen LogP) is -0.160. The molecule has 0 spiro atoms. The van der Waals surface area contributed by atoms with E-state index in [2.05, 4.69) is 17.4 Å². The fraction of sp³-hybridized carbons (Fsp3) is 0.800. The molecular formula is C5H10O3S. The smallest absolute Gasteiger partial charge is 0.303 e. The average molecular weight is 150 g/mol. The van der Waals surface area contributed by atoms with Crippen molar-refractivity contribution in [3.05, 3.63) is 0 Å². The zero-order chi connectivity index (χ0) is 7.28. The highest BCUT2D eigenvalue weighted by atomic mass is 32.1. The monoisotopic (exact) mass is 150 g/mol. The van der Waals surface area contributed by atoms with Gasteiger partial charge in [-0.05, 0) is 0 Å². The van der Waals surface area contributed by atoms with Gasteiger partial charge in [0.05, 0.1) is 6.61 Å². The summed E-state index contributed by atoms with van der Waals surface area (Å²) in [5.74, 6) is -0.0288. The number of rotatable bonds is 3. The molecule has 0 fully saturated rings. The van der Waals surface area contributed by atoms with Crippen molar-refractivity contribution in [3.63, 3.8) is 0 Å². The topological polar surface area (TPSA) is 46.5 Å². The van der Waals surface area contributed by atoms with Crippen LogP contribution in [-0.4, -0.2) is 29.5 Å². The van der Waals surface area contributed by atoms with Crippen molar-refractivity contribution in [1.82, 2.24) is 0 Å². The molecule has 54 valence electrons. The summed E-state index contributed by atoms with van der Waals surface area (Å²) in [6.07, 6.45) is -0.453. The molecule has 0 aliphatic heterocycles. The molecule has 0 rings (SSSR count). The van der Waals surface area contributed by atoms with Crippen LogP contribution in [0.15, 0.2) is 0 Å². The quantitative estimate of drug-likeness (QED) is 0.434. The van der Waals surface area contributed by atoms with Gasteiger partial charge in [-0.25, -0.2) is 0 Å². The number of carbonyl (C=O) groups is 1. The van der Waals surface area contributed by atoms with Crippen LogP contribution in [0.2, 0.25) is 0 Å². The third-order valence-electron chi connectivity index (χ3n) is 0.740. The summed E-state index contributed by atoms with van der Waals surface area (Å²) in [6, 6.07) is 0. The van der Waals surface area contributed by atoms with Crippen molar-refractivity contribution in [3.8, 4) is 0 Å². The lowest BCUT2D eigenvalue weighted by Gasteiger charge is -2.09. The van der Waals surface area contributed by atoms with E-state index in [1.54, 1.807) is 0 Å². The zero-order valence-corrected chi connectivity index (χ0v) is 6.10. The third kappa shape index (κ3) is 4.29. The number of hydrogen-bond acceptors (Lipinski definition) is 4. The van der Waals surface area contributed by atoms with Gasteiger partial charge in [-0.3, -0.25) is 4.79 Å². The molecule has 0 radical (unpaired) electrons. The Morgan fingerprint density at radius 2 is 2.44 bits per heavy atom. The second-order valence-electron chi connectivity index (χ2n) is 1.60. The first-order valence-corrected chi connectivity index (χ1v) is 3.23. The Balaban J connectivity index is 3.43.